The Balaban J connectivity index is 2.36. The molecular weight excluding hydrogens is 181 g/mol. The van der Waals surface area contributed by atoms with E-state index in [0.717, 1.165) is 11.1 Å². The summed E-state index contributed by atoms with van der Waals surface area (Å²) in [5.74, 6) is 0.00931. The van der Waals surface area contributed by atoms with E-state index >= 15 is 0 Å². The van der Waals surface area contributed by atoms with E-state index in [9.17, 15) is 4.39 Å². The molecule has 0 aliphatic carbocycles. The Hall–Kier alpha value is -1.38. The van der Waals surface area contributed by atoms with E-state index in [0.29, 0.717) is 12.3 Å². The Kier molecular flexibility index (Phi) is 2.23. The van der Waals surface area contributed by atoms with Crippen molar-refractivity contribution >= 4 is 6.21 Å². The van der Waals surface area contributed by atoms with Gasteiger partial charge < -0.3 is 4.74 Å². The number of rotatable bonds is 2. The van der Waals surface area contributed by atoms with Crippen LogP contribution in [0.25, 0.3) is 0 Å². The molecule has 0 spiro atoms. The topological polar surface area (TPSA) is 21.6 Å². The quantitative estimate of drug-likeness (QED) is 0.707. The molecule has 0 unspecified atom stereocenters. The summed E-state index contributed by atoms with van der Waals surface area (Å²) in [6.07, 6.45) is 1.74. The van der Waals surface area contributed by atoms with Crippen LogP contribution in [0.5, 0.6) is 5.75 Å². The minimum atomic E-state index is -0.303. The molecular formula is C11H12FNO. The Morgan fingerprint density at radius 1 is 1.43 bits per heavy atom. The summed E-state index contributed by atoms with van der Waals surface area (Å²) >= 11 is 0. The average molecular weight is 193 g/mol. The van der Waals surface area contributed by atoms with E-state index in [1.807, 2.05) is 13.8 Å². The van der Waals surface area contributed by atoms with Gasteiger partial charge in [-0.15, -0.1) is 0 Å². The Bertz CT molecular complexity index is 385. The number of nitrogens with zero attached hydrogens (tertiary/aromatic N) is 1. The van der Waals surface area contributed by atoms with Crippen molar-refractivity contribution in [3.63, 3.8) is 0 Å². The monoisotopic (exact) mass is 193 g/mol. The maximum absolute atomic E-state index is 13.4. The molecule has 1 aromatic rings. The molecule has 0 amide bonds. The summed E-state index contributed by atoms with van der Waals surface area (Å²) in [7, 11) is 0. The third kappa shape index (κ3) is 1.62. The van der Waals surface area contributed by atoms with E-state index < -0.39 is 0 Å². The summed E-state index contributed by atoms with van der Waals surface area (Å²) < 4.78 is 18.8. The molecule has 0 saturated heterocycles. The highest BCUT2D eigenvalue weighted by Crippen LogP contribution is 2.25. The highest BCUT2D eigenvalue weighted by molar-refractivity contribution is 5.85. The molecule has 1 aliphatic rings. The smallest absolute Gasteiger partial charge is 0.165 e. The molecule has 74 valence electrons. The van der Waals surface area contributed by atoms with E-state index in [2.05, 4.69) is 4.99 Å². The van der Waals surface area contributed by atoms with Crippen LogP contribution in [0.1, 0.15) is 25.0 Å². The summed E-state index contributed by atoms with van der Waals surface area (Å²) in [6, 6.07) is 3.21. The predicted octanol–water partition coefficient (Wildman–Crippen LogP) is 2.55. The zero-order valence-corrected chi connectivity index (χ0v) is 8.25. The van der Waals surface area contributed by atoms with Gasteiger partial charge in [-0.25, -0.2) is 4.39 Å². The lowest BCUT2D eigenvalue weighted by Gasteiger charge is -2.11. The number of hydrogen-bond acceptors (Lipinski definition) is 2. The SMILES string of the molecule is CC(C)Oc1cc2c(cc1F)CN=C2. The number of ether oxygens (including phenoxy) is 1. The van der Waals surface area contributed by atoms with Crippen molar-refractivity contribution in [3.8, 4) is 5.75 Å². The fraction of sp³-hybridized carbons (Fsp3) is 0.364. The second kappa shape index (κ2) is 3.40. The highest BCUT2D eigenvalue weighted by Gasteiger charge is 2.13. The first-order valence-corrected chi connectivity index (χ1v) is 4.65. The van der Waals surface area contributed by atoms with Crippen LogP contribution in [-0.4, -0.2) is 12.3 Å². The van der Waals surface area contributed by atoms with Crippen LogP contribution in [0.3, 0.4) is 0 Å². The van der Waals surface area contributed by atoms with Crippen LogP contribution in [0.2, 0.25) is 0 Å². The zero-order chi connectivity index (χ0) is 10.1. The summed E-state index contributed by atoms with van der Waals surface area (Å²) in [5.41, 5.74) is 1.89. The second-order valence-corrected chi connectivity index (χ2v) is 3.62. The molecule has 0 atom stereocenters. The molecule has 0 aromatic heterocycles. The molecule has 2 nitrogen and oxygen atoms in total. The lowest BCUT2D eigenvalue weighted by atomic mass is 10.1. The van der Waals surface area contributed by atoms with Crippen molar-refractivity contribution in [2.45, 2.75) is 26.5 Å². The second-order valence-electron chi connectivity index (χ2n) is 3.62. The van der Waals surface area contributed by atoms with Gasteiger partial charge in [0.1, 0.15) is 0 Å². The fourth-order valence-corrected chi connectivity index (χ4v) is 1.45. The van der Waals surface area contributed by atoms with Crippen LogP contribution in [-0.2, 0) is 6.54 Å². The van der Waals surface area contributed by atoms with E-state index in [1.54, 1.807) is 12.3 Å². The molecule has 1 heterocycles. The van der Waals surface area contributed by atoms with Gasteiger partial charge >= 0.3 is 0 Å². The first-order chi connectivity index (χ1) is 6.66. The van der Waals surface area contributed by atoms with E-state index in [-0.39, 0.29) is 11.9 Å². The molecule has 3 heteroatoms. The predicted molar refractivity (Wildman–Crippen MR) is 53.5 cm³/mol. The maximum atomic E-state index is 13.4. The fourth-order valence-electron chi connectivity index (χ4n) is 1.45. The van der Waals surface area contributed by atoms with Crippen LogP contribution < -0.4 is 4.74 Å². The number of aliphatic imine (C=N–C) groups is 1. The number of fused-ring (bicyclic) bond motifs is 1. The lowest BCUT2D eigenvalue weighted by molar-refractivity contribution is 0.231. The van der Waals surface area contributed by atoms with E-state index in [4.69, 9.17) is 4.74 Å². The van der Waals surface area contributed by atoms with Gasteiger partial charge in [-0.1, -0.05) is 0 Å². The zero-order valence-electron chi connectivity index (χ0n) is 8.25. The Morgan fingerprint density at radius 2 is 2.21 bits per heavy atom. The lowest BCUT2D eigenvalue weighted by Crippen LogP contribution is -2.07. The molecule has 0 bridgehead atoms. The van der Waals surface area contributed by atoms with E-state index in [1.165, 1.54) is 6.07 Å². The van der Waals surface area contributed by atoms with Crippen LogP contribution in [0, 0.1) is 5.82 Å². The summed E-state index contributed by atoms with van der Waals surface area (Å²) in [5, 5.41) is 0. The highest BCUT2D eigenvalue weighted by atomic mass is 19.1. The summed E-state index contributed by atoms with van der Waals surface area (Å²) in [6.45, 7) is 4.33. The number of hydrogen-bond donors (Lipinski definition) is 0. The first kappa shape index (κ1) is 9.19. The largest absolute Gasteiger partial charge is 0.488 e. The summed E-state index contributed by atoms with van der Waals surface area (Å²) in [4.78, 5) is 4.07. The maximum Gasteiger partial charge on any atom is 0.165 e. The minimum absolute atomic E-state index is 0.0131. The third-order valence-corrected chi connectivity index (χ3v) is 2.05. The normalized spacial score (nSPS) is 13.4. The van der Waals surface area contributed by atoms with Gasteiger partial charge in [-0.05, 0) is 31.5 Å². The molecule has 1 aromatic carbocycles. The van der Waals surface area contributed by atoms with Gasteiger partial charge in [0.25, 0.3) is 0 Å². The molecule has 0 saturated carbocycles. The molecule has 0 fully saturated rings. The average Bonchev–Trinajstić information content (AvgIpc) is 2.51. The van der Waals surface area contributed by atoms with Gasteiger partial charge in [-0.3, -0.25) is 4.99 Å². The molecule has 2 rings (SSSR count). The Labute approximate surface area is 82.4 Å². The van der Waals surface area contributed by atoms with Crippen molar-refractivity contribution in [2.24, 2.45) is 4.99 Å². The van der Waals surface area contributed by atoms with Gasteiger partial charge in [0.05, 0.1) is 12.6 Å². The number of benzene rings is 1. The van der Waals surface area contributed by atoms with Crippen LogP contribution in [0.4, 0.5) is 4.39 Å². The van der Waals surface area contributed by atoms with Gasteiger partial charge in [-0.2, -0.15) is 0 Å². The standard InChI is InChI=1S/C11H12FNO/c1-7(2)14-11-4-9-6-13-5-8(9)3-10(11)12/h3-4,6-7H,5H2,1-2H3. The van der Waals surface area contributed by atoms with Crippen LogP contribution >= 0.6 is 0 Å². The van der Waals surface area contributed by atoms with Crippen molar-refractivity contribution in [2.75, 3.05) is 0 Å². The Morgan fingerprint density at radius 3 is 2.93 bits per heavy atom. The van der Waals surface area contributed by atoms with Gasteiger partial charge in [0, 0.05) is 11.8 Å². The number of halogens is 1. The minimum Gasteiger partial charge on any atom is -0.488 e. The third-order valence-electron chi connectivity index (χ3n) is 2.05. The van der Waals surface area contributed by atoms with Crippen LogP contribution in [0.15, 0.2) is 17.1 Å². The van der Waals surface area contributed by atoms with Gasteiger partial charge in [0.2, 0.25) is 0 Å². The van der Waals surface area contributed by atoms with Crippen molar-refractivity contribution in [3.05, 3.63) is 29.1 Å². The molecule has 1 aliphatic heterocycles. The van der Waals surface area contributed by atoms with Crippen molar-refractivity contribution < 1.29 is 9.13 Å². The molecule has 14 heavy (non-hydrogen) atoms. The van der Waals surface area contributed by atoms with Gasteiger partial charge in [0.15, 0.2) is 11.6 Å². The van der Waals surface area contributed by atoms with Crippen molar-refractivity contribution in [1.82, 2.24) is 0 Å². The molecule has 0 radical (unpaired) electrons. The molecule has 0 N–H and O–H groups in total. The van der Waals surface area contributed by atoms with Crippen molar-refractivity contribution in [1.29, 1.82) is 0 Å². The first-order valence-electron chi connectivity index (χ1n) is 4.65.